The van der Waals surface area contributed by atoms with Crippen LogP contribution in [0.15, 0.2) is 35.0 Å². The van der Waals surface area contributed by atoms with Crippen molar-refractivity contribution in [2.24, 2.45) is 0 Å². The van der Waals surface area contributed by atoms with Gasteiger partial charge in [-0.05, 0) is 19.1 Å². The van der Waals surface area contributed by atoms with Crippen molar-refractivity contribution in [3.63, 3.8) is 0 Å². The fraction of sp³-hybridized carbons (Fsp3) is 0.316. The van der Waals surface area contributed by atoms with E-state index in [0.29, 0.717) is 48.2 Å². The molecule has 0 bridgehead atoms. The summed E-state index contributed by atoms with van der Waals surface area (Å²) in [5, 5.41) is 11.1. The first-order valence-electron chi connectivity index (χ1n) is 9.01. The number of fused-ring (bicyclic) bond motifs is 2. The van der Waals surface area contributed by atoms with Gasteiger partial charge in [-0.2, -0.15) is 5.10 Å². The number of hydrogen-bond acceptors (Lipinski definition) is 7. The summed E-state index contributed by atoms with van der Waals surface area (Å²) < 4.78 is 21.7. The van der Waals surface area contributed by atoms with Crippen LogP contribution in [0.2, 0.25) is 0 Å². The van der Waals surface area contributed by atoms with Crippen molar-refractivity contribution in [3.8, 4) is 28.7 Å². The fourth-order valence-electron chi connectivity index (χ4n) is 3.49. The molecule has 0 unspecified atom stereocenters. The lowest BCUT2D eigenvalue weighted by Crippen LogP contribution is -2.43. The molecule has 4 heterocycles. The minimum absolute atomic E-state index is 0.0898. The normalized spacial score (nSPS) is 16.0. The SMILES string of the molecule is C[C@H](Oc1ccc2c(c1)OCO2)C(=O)N1CCc2[nH]nc(-c3ccno3)c2C1. The van der Waals surface area contributed by atoms with Gasteiger partial charge in [0.05, 0.1) is 6.20 Å². The summed E-state index contributed by atoms with van der Waals surface area (Å²) in [7, 11) is 0. The predicted octanol–water partition coefficient (Wildman–Crippen LogP) is 2.15. The van der Waals surface area contributed by atoms with Gasteiger partial charge in [0.15, 0.2) is 23.4 Å². The third-order valence-electron chi connectivity index (χ3n) is 4.92. The van der Waals surface area contributed by atoms with E-state index < -0.39 is 6.10 Å². The lowest BCUT2D eigenvalue weighted by atomic mass is 10.0. The van der Waals surface area contributed by atoms with Crippen LogP contribution in [0.5, 0.6) is 17.2 Å². The molecule has 0 fully saturated rings. The van der Waals surface area contributed by atoms with E-state index in [1.54, 1.807) is 42.3 Å². The van der Waals surface area contributed by atoms with E-state index in [9.17, 15) is 4.79 Å². The maximum absolute atomic E-state index is 12.9. The molecule has 2 aliphatic heterocycles. The molecule has 1 aromatic carbocycles. The number of H-pyrrole nitrogens is 1. The number of aromatic nitrogens is 3. The molecule has 1 amide bonds. The van der Waals surface area contributed by atoms with Gasteiger partial charge in [-0.1, -0.05) is 5.16 Å². The molecule has 2 aliphatic rings. The highest BCUT2D eigenvalue weighted by Crippen LogP contribution is 2.35. The molecule has 1 N–H and O–H groups in total. The maximum Gasteiger partial charge on any atom is 0.263 e. The Kier molecular flexibility index (Phi) is 3.92. The molecule has 0 saturated carbocycles. The van der Waals surface area contributed by atoms with Gasteiger partial charge < -0.3 is 23.6 Å². The van der Waals surface area contributed by atoms with Crippen molar-refractivity contribution >= 4 is 5.91 Å². The van der Waals surface area contributed by atoms with E-state index >= 15 is 0 Å². The molecule has 0 radical (unpaired) electrons. The second-order valence-corrected chi connectivity index (χ2v) is 6.69. The van der Waals surface area contributed by atoms with Crippen molar-refractivity contribution in [3.05, 3.63) is 41.7 Å². The van der Waals surface area contributed by atoms with Crippen LogP contribution in [0.1, 0.15) is 18.2 Å². The fourth-order valence-corrected chi connectivity index (χ4v) is 3.49. The first-order valence-corrected chi connectivity index (χ1v) is 9.01. The molecule has 1 atom stereocenters. The average molecular weight is 382 g/mol. The summed E-state index contributed by atoms with van der Waals surface area (Å²) in [6.07, 6.45) is 1.63. The van der Waals surface area contributed by atoms with E-state index in [0.717, 1.165) is 11.3 Å². The van der Waals surface area contributed by atoms with Gasteiger partial charge >= 0.3 is 0 Å². The van der Waals surface area contributed by atoms with Crippen LogP contribution in [-0.2, 0) is 17.8 Å². The Labute approximate surface area is 160 Å². The second kappa shape index (κ2) is 6.59. The Balaban J connectivity index is 1.30. The molecule has 0 aliphatic carbocycles. The number of hydrogen-bond donors (Lipinski definition) is 1. The van der Waals surface area contributed by atoms with Crippen LogP contribution in [0.3, 0.4) is 0 Å². The number of nitrogens with zero attached hydrogens (tertiary/aromatic N) is 3. The molecule has 28 heavy (non-hydrogen) atoms. The second-order valence-electron chi connectivity index (χ2n) is 6.69. The van der Waals surface area contributed by atoms with Crippen molar-refractivity contribution < 1.29 is 23.5 Å². The number of rotatable bonds is 4. The summed E-state index contributed by atoms with van der Waals surface area (Å²) in [4.78, 5) is 14.7. The number of aromatic amines is 1. The third-order valence-corrected chi connectivity index (χ3v) is 4.92. The van der Waals surface area contributed by atoms with Gasteiger partial charge in [-0.15, -0.1) is 0 Å². The minimum Gasteiger partial charge on any atom is -0.481 e. The van der Waals surface area contributed by atoms with Crippen molar-refractivity contribution in [2.75, 3.05) is 13.3 Å². The number of ether oxygens (including phenoxy) is 3. The highest BCUT2D eigenvalue weighted by molar-refractivity contribution is 5.81. The number of amides is 1. The summed E-state index contributed by atoms with van der Waals surface area (Å²) in [6.45, 7) is 2.98. The zero-order valence-corrected chi connectivity index (χ0v) is 15.2. The van der Waals surface area contributed by atoms with Crippen LogP contribution < -0.4 is 14.2 Å². The lowest BCUT2D eigenvalue weighted by molar-refractivity contribution is -0.138. The van der Waals surface area contributed by atoms with Crippen LogP contribution in [0.25, 0.3) is 11.5 Å². The Morgan fingerprint density at radius 3 is 3.04 bits per heavy atom. The summed E-state index contributed by atoms with van der Waals surface area (Å²) in [5.74, 6) is 2.35. The Hall–Kier alpha value is -3.49. The van der Waals surface area contributed by atoms with Gasteiger partial charge in [0.1, 0.15) is 11.4 Å². The molecular weight excluding hydrogens is 364 g/mol. The van der Waals surface area contributed by atoms with E-state index in [2.05, 4.69) is 15.4 Å². The summed E-state index contributed by atoms with van der Waals surface area (Å²) in [5.41, 5.74) is 2.65. The zero-order valence-electron chi connectivity index (χ0n) is 15.2. The van der Waals surface area contributed by atoms with Gasteiger partial charge in [0, 0.05) is 42.9 Å². The first kappa shape index (κ1) is 16.7. The van der Waals surface area contributed by atoms with Crippen LogP contribution >= 0.6 is 0 Å². The van der Waals surface area contributed by atoms with Crippen molar-refractivity contribution in [1.29, 1.82) is 0 Å². The Bertz CT molecular complexity index is 1010. The number of benzene rings is 1. The molecule has 9 nitrogen and oxygen atoms in total. The molecule has 3 aromatic rings. The number of carbonyl (C=O) groups is 1. The van der Waals surface area contributed by atoms with Crippen molar-refractivity contribution in [1.82, 2.24) is 20.3 Å². The standard InChI is InChI=1S/C19H18N4O5/c1-11(27-12-2-3-15-17(8-12)26-10-25-15)19(24)23-7-5-14-13(9-23)18(22-21-14)16-4-6-20-28-16/h2-4,6,8,11H,5,7,9-10H2,1H3,(H,21,22)/t11-/m0/s1. The molecule has 144 valence electrons. The predicted molar refractivity (Wildman–Crippen MR) is 95.9 cm³/mol. The van der Waals surface area contributed by atoms with E-state index in [4.69, 9.17) is 18.7 Å². The van der Waals surface area contributed by atoms with Crippen LogP contribution in [-0.4, -0.2) is 45.6 Å². The molecule has 2 aromatic heterocycles. The lowest BCUT2D eigenvalue weighted by Gasteiger charge is -2.29. The topological polar surface area (TPSA) is 103 Å². The van der Waals surface area contributed by atoms with Gasteiger partial charge in [-0.25, -0.2) is 0 Å². The van der Waals surface area contributed by atoms with E-state index in [1.165, 1.54) is 0 Å². The van der Waals surface area contributed by atoms with Gasteiger partial charge in [0.25, 0.3) is 5.91 Å². The van der Waals surface area contributed by atoms with Gasteiger partial charge in [-0.3, -0.25) is 9.89 Å². The molecule has 0 saturated heterocycles. The summed E-state index contributed by atoms with van der Waals surface area (Å²) in [6, 6.07) is 7.03. The Morgan fingerprint density at radius 1 is 1.29 bits per heavy atom. The average Bonchev–Trinajstić information content (AvgIpc) is 3.45. The van der Waals surface area contributed by atoms with Crippen molar-refractivity contribution in [2.45, 2.75) is 26.0 Å². The number of nitrogens with one attached hydrogen (secondary N) is 1. The van der Waals surface area contributed by atoms with Gasteiger partial charge in [0.2, 0.25) is 6.79 Å². The first-order chi connectivity index (χ1) is 13.7. The van der Waals surface area contributed by atoms with E-state index in [-0.39, 0.29) is 12.7 Å². The molecular formula is C19H18N4O5. The molecule has 5 rings (SSSR count). The highest BCUT2D eigenvalue weighted by atomic mass is 16.7. The monoisotopic (exact) mass is 382 g/mol. The molecule has 9 heteroatoms. The Morgan fingerprint density at radius 2 is 2.18 bits per heavy atom. The molecule has 0 spiro atoms. The summed E-state index contributed by atoms with van der Waals surface area (Å²) >= 11 is 0. The number of carbonyl (C=O) groups excluding carboxylic acids is 1. The largest absolute Gasteiger partial charge is 0.481 e. The third kappa shape index (κ3) is 2.84. The zero-order chi connectivity index (χ0) is 19.1. The smallest absolute Gasteiger partial charge is 0.263 e. The highest BCUT2D eigenvalue weighted by Gasteiger charge is 2.30. The maximum atomic E-state index is 12.9. The van der Waals surface area contributed by atoms with Crippen LogP contribution in [0, 0.1) is 0 Å². The van der Waals surface area contributed by atoms with E-state index in [1.807, 2.05) is 0 Å². The van der Waals surface area contributed by atoms with Crippen LogP contribution in [0.4, 0.5) is 0 Å². The quantitative estimate of drug-likeness (QED) is 0.737. The minimum atomic E-state index is -0.637.